The number of amides is 2. The first kappa shape index (κ1) is 17.9. The Bertz CT molecular complexity index is 663. The smallest absolute Gasteiger partial charge is 0.227 e. The van der Waals surface area contributed by atoms with E-state index in [4.69, 9.17) is 0 Å². The molecule has 0 unspecified atom stereocenters. The molecule has 0 aromatic heterocycles. The lowest BCUT2D eigenvalue weighted by Gasteiger charge is -2.32. The number of carbonyl (C=O) groups is 2. The van der Waals surface area contributed by atoms with E-state index < -0.39 is 0 Å². The second kappa shape index (κ2) is 7.56. The Morgan fingerprint density at radius 2 is 1.76 bits per heavy atom. The van der Waals surface area contributed by atoms with E-state index in [0.29, 0.717) is 25.9 Å². The molecule has 2 heterocycles. The van der Waals surface area contributed by atoms with Gasteiger partial charge in [0, 0.05) is 38.2 Å². The zero-order valence-electron chi connectivity index (χ0n) is 15.3. The number of rotatable bonds is 3. The molecule has 2 aliphatic heterocycles. The maximum absolute atomic E-state index is 12.7. The molecule has 136 valence electrons. The van der Waals surface area contributed by atoms with Gasteiger partial charge >= 0.3 is 0 Å². The molecule has 0 atom stereocenters. The highest BCUT2D eigenvalue weighted by Crippen LogP contribution is 2.31. The van der Waals surface area contributed by atoms with E-state index in [1.54, 1.807) is 4.90 Å². The molecule has 2 amide bonds. The molecule has 0 saturated carbocycles. The van der Waals surface area contributed by atoms with Gasteiger partial charge in [0.05, 0.1) is 6.10 Å². The topological polar surface area (TPSA) is 60.9 Å². The zero-order chi connectivity index (χ0) is 18.0. The van der Waals surface area contributed by atoms with Crippen LogP contribution in [0.15, 0.2) is 12.1 Å². The number of hydrogen-bond acceptors (Lipinski definition) is 3. The Morgan fingerprint density at radius 1 is 1.08 bits per heavy atom. The van der Waals surface area contributed by atoms with Gasteiger partial charge in [-0.25, -0.2) is 0 Å². The van der Waals surface area contributed by atoms with Crippen molar-refractivity contribution in [3.63, 3.8) is 0 Å². The van der Waals surface area contributed by atoms with Gasteiger partial charge in [0.1, 0.15) is 0 Å². The second-order valence-electron chi connectivity index (χ2n) is 7.34. The third-order valence-electron chi connectivity index (χ3n) is 5.36. The van der Waals surface area contributed by atoms with E-state index >= 15 is 0 Å². The van der Waals surface area contributed by atoms with Crippen LogP contribution in [-0.2, 0) is 16.0 Å². The molecule has 1 aromatic rings. The molecule has 25 heavy (non-hydrogen) atoms. The van der Waals surface area contributed by atoms with Crippen molar-refractivity contribution in [1.82, 2.24) is 4.90 Å². The van der Waals surface area contributed by atoms with E-state index in [2.05, 4.69) is 26.0 Å². The first-order valence-electron chi connectivity index (χ1n) is 9.32. The van der Waals surface area contributed by atoms with Gasteiger partial charge in [0.25, 0.3) is 0 Å². The summed E-state index contributed by atoms with van der Waals surface area (Å²) in [6, 6.07) is 4.26. The van der Waals surface area contributed by atoms with E-state index in [1.807, 2.05) is 4.90 Å². The molecule has 0 bridgehead atoms. The van der Waals surface area contributed by atoms with Crippen LogP contribution in [0, 0.1) is 13.8 Å². The number of nitrogens with zero attached hydrogens (tertiary/aromatic N) is 2. The van der Waals surface area contributed by atoms with Gasteiger partial charge in [0.15, 0.2) is 0 Å². The molecule has 1 aromatic carbocycles. The number of aliphatic hydroxyl groups excluding tert-OH is 1. The molecule has 3 rings (SSSR count). The summed E-state index contributed by atoms with van der Waals surface area (Å²) < 4.78 is 0. The molecular weight excluding hydrogens is 316 g/mol. The third kappa shape index (κ3) is 4.03. The fourth-order valence-corrected chi connectivity index (χ4v) is 3.96. The number of carbonyl (C=O) groups excluding carboxylic acids is 2. The Hall–Kier alpha value is -1.88. The summed E-state index contributed by atoms with van der Waals surface area (Å²) in [7, 11) is 0. The van der Waals surface area contributed by atoms with Gasteiger partial charge in [-0.2, -0.15) is 0 Å². The van der Waals surface area contributed by atoms with Gasteiger partial charge in [-0.1, -0.05) is 6.07 Å². The van der Waals surface area contributed by atoms with Crippen LogP contribution in [0.3, 0.4) is 0 Å². The van der Waals surface area contributed by atoms with Crippen LogP contribution in [0.4, 0.5) is 5.69 Å². The van der Waals surface area contributed by atoms with Crippen LogP contribution in [0.1, 0.15) is 48.8 Å². The van der Waals surface area contributed by atoms with Crippen LogP contribution in [0.25, 0.3) is 0 Å². The summed E-state index contributed by atoms with van der Waals surface area (Å²) >= 11 is 0. The minimum absolute atomic E-state index is 0.0258. The van der Waals surface area contributed by atoms with Crippen LogP contribution >= 0.6 is 0 Å². The van der Waals surface area contributed by atoms with Gasteiger partial charge < -0.3 is 14.9 Å². The normalized spacial score (nSPS) is 18.2. The maximum Gasteiger partial charge on any atom is 0.227 e. The highest BCUT2D eigenvalue weighted by molar-refractivity contribution is 5.96. The molecule has 5 nitrogen and oxygen atoms in total. The summed E-state index contributed by atoms with van der Waals surface area (Å²) in [6.07, 6.45) is 3.48. The van der Waals surface area contributed by atoms with E-state index in [1.165, 1.54) is 16.7 Å². The number of anilines is 1. The largest absolute Gasteiger partial charge is 0.393 e. The predicted octanol–water partition coefficient (Wildman–Crippen LogP) is 2.35. The van der Waals surface area contributed by atoms with Crippen molar-refractivity contribution in [2.24, 2.45) is 0 Å². The number of aliphatic hydroxyl groups is 1. The number of hydrogen-bond donors (Lipinski definition) is 1. The monoisotopic (exact) mass is 344 g/mol. The van der Waals surface area contributed by atoms with Crippen molar-refractivity contribution in [1.29, 1.82) is 0 Å². The van der Waals surface area contributed by atoms with Crippen molar-refractivity contribution in [2.75, 3.05) is 24.5 Å². The Labute approximate surface area is 149 Å². The SMILES string of the molecule is Cc1cc(C)c2c(c1)N(C(=O)CCC(=O)N1CCC(O)CC1)CCC2. The van der Waals surface area contributed by atoms with Gasteiger partial charge in [-0.3, -0.25) is 9.59 Å². The maximum atomic E-state index is 12.7. The number of likely N-dealkylation sites (tertiary alicyclic amines) is 1. The summed E-state index contributed by atoms with van der Waals surface area (Å²) in [5.41, 5.74) is 4.71. The third-order valence-corrected chi connectivity index (χ3v) is 5.36. The molecule has 0 aliphatic carbocycles. The Balaban J connectivity index is 1.62. The highest BCUT2D eigenvalue weighted by Gasteiger charge is 2.26. The minimum Gasteiger partial charge on any atom is -0.393 e. The quantitative estimate of drug-likeness (QED) is 0.915. The number of fused-ring (bicyclic) bond motifs is 1. The van der Waals surface area contributed by atoms with Crippen LogP contribution in [0.5, 0.6) is 0 Å². The number of aryl methyl sites for hydroxylation is 2. The molecule has 0 radical (unpaired) electrons. The van der Waals surface area contributed by atoms with Gasteiger partial charge in [-0.05, 0) is 62.3 Å². The van der Waals surface area contributed by atoms with E-state index in [-0.39, 0.29) is 30.8 Å². The fourth-order valence-electron chi connectivity index (χ4n) is 3.96. The van der Waals surface area contributed by atoms with Crippen molar-refractivity contribution < 1.29 is 14.7 Å². The van der Waals surface area contributed by atoms with Crippen molar-refractivity contribution >= 4 is 17.5 Å². The van der Waals surface area contributed by atoms with E-state index in [0.717, 1.165) is 25.1 Å². The van der Waals surface area contributed by atoms with E-state index in [9.17, 15) is 14.7 Å². The van der Waals surface area contributed by atoms with Gasteiger partial charge in [-0.15, -0.1) is 0 Å². The minimum atomic E-state index is -0.290. The summed E-state index contributed by atoms with van der Waals surface area (Å²) in [5, 5.41) is 9.54. The average Bonchev–Trinajstić information content (AvgIpc) is 2.59. The molecule has 1 fully saturated rings. The van der Waals surface area contributed by atoms with Gasteiger partial charge in [0.2, 0.25) is 11.8 Å². The van der Waals surface area contributed by atoms with Crippen LogP contribution in [0.2, 0.25) is 0 Å². The second-order valence-corrected chi connectivity index (χ2v) is 7.34. The average molecular weight is 344 g/mol. The Morgan fingerprint density at radius 3 is 2.48 bits per heavy atom. The van der Waals surface area contributed by atoms with Crippen molar-refractivity contribution in [3.8, 4) is 0 Å². The molecule has 2 aliphatic rings. The van der Waals surface area contributed by atoms with Crippen LogP contribution in [-0.4, -0.2) is 47.6 Å². The molecule has 1 N–H and O–H groups in total. The molecule has 5 heteroatoms. The predicted molar refractivity (Wildman–Crippen MR) is 97.6 cm³/mol. The lowest BCUT2D eigenvalue weighted by Crippen LogP contribution is -2.41. The summed E-state index contributed by atoms with van der Waals surface area (Å²) in [5.74, 6) is 0.0641. The summed E-state index contributed by atoms with van der Waals surface area (Å²) in [4.78, 5) is 28.7. The first-order chi connectivity index (χ1) is 12.0. The number of benzene rings is 1. The Kier molecular flexibility index (Phi) is 5.42. The highest BCUT2D eigenvalue weighted by atomic mass is 16.3. The van der Waals surface area contributed by atoms with Crippen LogP contribution < -0.4 is 4.90 Å². The number of piperidine rings is 1. The standard InChI is InChI=1S/C20H28N2O3/c1-14-12-15(2)17-4-3-9-22(18(17)13-14)20(25)6-5-19(24)21-10-7-16(23)8-11-21/h12-13,16,23H,3-11H2,1-2H3. The summed E-state index contributed by atoms with van der Waals surface area (Å²) in [6.45, 7) is 6.09. The fraction of sp³-hybridized carbons (Fsp3) is 0.600. The molecule has 0 spiro atoms. The zero-order valence-corrected chi connectivity index (χ0v) is 15.3. The molecule has 1 saturated heterocycles. The molecular formula is C20H28N2O3. The van der Waals surface area contributed by atoms with Crippen molar-refractivity contribution in [2.45, 2.75) is 58.5 Å². The lowest BCUT2D eigenvalue weighted by atomic mass is 9.94. The first-order valence-corrected chi connectivity index (χ1v) is 9.32. The lowest BCUT2D eigenvalue weighted by molar-refractivity contribution is -0.135. The van der Waals surface area contributed by atoms with Crippen molar-refractivity contribution in [3.05, 3.63) is 28.8 Å².